The zero-order valence-electron chi connectivity index (χ0n) is 9.20. The molecule has 0 N–H and O–H groups in total. The summed E-state index contributed by atoms with van der Waals surface area (Å²) in [5, 5.41) is 0.650. The van der Waals surface area contributed by atoms with E-state index in [2.05, 4.69) is 4.99 Å². The quantitative estimate of drug-likeness (QED) is 0.710. The van der Waals surface area contributed by atoms with Gasteiger partial charge in [0.25, 0.3) is 0 Å². The Bertz CT molecular complexity index is 528. The van der Waals surface area contributed by atoms with Crippen LogP contribution in [0.5, 0.6) is 0 Å². The SMILES string of the molecule is Cc1cc(C=Nc2ccccc2Cl)c(C)o1. The van der Waals surface area contributed by atoms with E-state index in [1.807, 2.05) is 44.2 Å². The molecule has 0 unspecified atom stereocenters. The van der Waals surface area contributed by atoms with E-state index in [-0.39, 0.29) is 0 Å². The molecule has 0 spiro atoms. The van der Waals surface area contributed by atoms with Crippen molar-refractivity contribution in [3.63, 3.8) is 0 Å². The topological polar surface area (TPSA) is 25.5 Å². The molecule has 82 valence electrons. The number of hydrogen-bond donors (Lipinski definition) is 0. The van der Waals surface area contributed by atoms with Crippen LogP contribution >= 0.6 is 11.6 Å². The summed E-state index contributed by atoms with van der Waals surface area (Å²) in [6.45, 7) is 3.83. The lowest BCUT2D eigenvalue weighted by atomic mass is 10.2. The van der Waals surface area contributed by atoms with Crippen LogP contribution in [-0.4, -0.2) is 6.21 Å². The summed E-state index contributed by atoms with van der Waals surface area (Å²) in [6, 6.07) is 9.44. The third-order valence-corrected chi connectivity index (χ3v) is 2.59. The number of para-hydroxylation sites is 1. The van der Waals surface area contributed by atoms with Crippen molar-refractivity contribution < 1.29 is 4.42 Å². The molecule has 1 aromatic carbocycles. The average molecular weight is 234 g/mol. The largest absolute Gasteiger partial charge is 0.466 e. The minimum Gasteiger partial charge on any atom is -0.466 e. The fourth-order valence-corrected chi connectivity index (χ4v) is 1.66. The van der Waals surface area contributed by atoms with Crippen molar-refractivity contribution in [1.82, 2.24) is 0 Å². The normalized spacial score (nSPS) is 11.2. The Balaban J connectivity index is 2.28. The summed E-state index contributed by atoms with van der Waals surface area (Å²) >= 11 is 6.00. The molecule has 1 heterocycles. The monoisotopic (exact) mass is 233 g/mol. The predicted octanol–water partition coefficient (Wildman–Crippen LogP) is 4.30. The molecule has 0 saturated heterocycles. The van der Waals surface area contributed by atoms with Crippen molar-refractivity contribution in [1.29, 1.82) is 0 Å². The number of benzene rings is 1. The molecule has 0 fully saturated rings. The maximum absolute atomic E-state index is 6.00. The highest BCUT2D eigenvalue weighted by atomic mass is 35.5. The molecule has 2 nitrogen and oxygen atoms in total. The highest BCUT2D eigenvalue weighted by Crippen LogP contribution is 2.23. The molecule has 0 aliphatic heterocycles. The van der Waals surface area contributed by atoms with Crippen molar-refractivity contribution in [2.24, 2.45) is 4.99 Å². The van der Waals surface area contributed by atoms with Crippen LogP contribution < -0.4 is 0 Å². The molecular weight excluding hydrogens is 222 g/mol. The maximum Gasteiger partial charge on any atom is 0.109 e. The second-order valence-corrected chi connectivity index (χ2v) is 3.99. The summed E-state index contributed by atoms with van der Waals surface area (Å²) in [6.07, 6.45) is 1.77. The highest BCUT2D eigenvalue weighted by Gasteiger charge is 2.01. The zero-order chi connectivity index (χ0) is 11.5. The molecule has 0 aliphatic rings. The van der Waals surface area contributed by atoms with Crippen LogP contribution in [0, 0.1) is 13.8 Å². The molecular formula is C13H12ClNO. The second-order valence-electron chi connectivity index (χ2n) is 3.58. The van der Waals surface area contributed by atoms with Gasteiger partial charge >= 0.3 is 0 Å². The number of aryl methyl sites for hydroxylation is 2. The van der Waals surface area contributed by atoms with Gasteiger partial charge in [0, 0.05) is 11.8 Å². The van der Waals surface area contributed by atoms with Crippen LogP contribution in [0.1, 0.15) is 17.1 Å². The van der Waals surface area contributed by atoms with E-state index in [0.29, 0.717) is 5.02 Å². The molecule has 0 aliphatic carbocycles. The van der Waals surface area contributed by atoms with Crippen LogP contribution in [0.3, 0.4) is 0 Å². The van der Waals surface area contributed by atoms with Gasteiger partial charge in [-0.25, -0.2) is 0 Å². The first-order valence-corrected chi connectivity index (χ1v) is 5.40. The van der Waals surface area contributed by atoms with Crippen LogP contribution in [0.4, 0.5) is 5.69 Å². The Kier molecular flexibility index (Phi) is 3.11. The van der Waals surface area contributed by atoms with Gasteiger partial charge in [0.05, 0.1) is 10.7 Å². The van der Waals surface area contributed by atoms with Crippen LogP contribution in [0.25, 0.3) is 0 Å². The van der Waals surface area contributed by atoms with Gasteiger partial charge < -0.3 is 4.42 Å². The Hall–Kier alpha value is -1.54. The number of rotatable bonds is 2. The van der Waals surface area contributed by atoms with E-state index in [1.165, 1.54) is 0 Å². The van der Waals surface area contributed by atoms with Crippen molar-refractivity contribution in [2.75, 3.05) is 0 Å². The first-order valence-electron chi connectivity index (χ1n) is 5.02. The lowest BCUT2D eigenvalue weighted by Crippen LogP contribution is -1.79. The molecule has 2 aromatic rings. The Morgan fingerprint density at radius 2 is 2.00 bits per heavy atom. The van der Waals surface area contributed by atoms with Crippen molar-refractivity contribution in [3.05, 3.63) is 52.4 Å². The molecule has 0 bridgehead atoms. The number of nitrogens with zero attached hydrogens (tertiary/aromatic N) is 1. The molecule has 1 aromatic heterocycles. The minimum atomic E-state index is 0.650. The summed E-state index contributed by atoms with van der Waals surface area (Å²) < 4.78 is 5.41. The van der Waals surface area contributed by atoms with E-state index in [4.69, 9.17) is 16.0 Å². The van der Waals surface area contributed by atoms with Crippen LogP contribution in [0.15, 0.2) is 39.7 Å². The Morgan fingerprint density at radius 3 is 2.62 bits per heavy atom. The van der Waals surface area contributed by atoms with Gasteiger partial charge in [0.2, 0.25) is 0 Å². The summed E-state index contributed by atoms with van der Waals surface area (Å²) in [5.74, 6) is 1.76. The fourth-order valence-electron chi connectivity index (χ4n) is 1.47. The Morgan fingerprint density at radius 1 is 1.25 bits per heavy atom. The number of hydrogen-bond acceptors (Lipinski definition) is 2. The van der Waals surface area contributed by atoms with Crippen molar-refractivity contribution >= 4 is 23.5 Å². The predicted molar refractivity (Wildman–Crippen MR) is 66.9 cm³/mol. The van der Waals surface area contributed by atoms with Gasteiger partial charge in [0.15, 0.2) is 0 Å². The van der Waals surface area contributed by atoms with E-state index < -0.39 is 0 Å². The van der Waals surface area contributed by atoms with Gasteiger partial charge in [-0.05, 0) is 32.0 Å². The molecule has 0 radical (unpaired) electrons. The highest BCUT2D eigenvalue weighted by molar-refractivity contribution is 6.33. The summed E-state index contributed by atoms with van der Waals surface area (Å²) in [4.78, 5) is 4.33. The minimum absolute atomic E-state index is 0.650. The zero-order valence-corrected chi connectivity index (χ0v) is 9.95. The molecule has 2 rings (SSSR count). The lowest BCUT2D eigenvalue weighted by molar-refractivity contribution is 0.504. The van der Waals surface area contributed by atoms with Gasteiger partial charge in [0.1, 0.15) is 11.5 Å². The number of halogens is 1. The second kappa shape index (κ2) is 4.54. The molecule has 0 amide bonds. The third-order valence-electron chi connectivity index (χ3n) is 2.27. The van der Waals surface area contributed by atoms with Gasteiger partial charge in [-0.15, -0.1) is 0 Å². The van der Waals surface area contributed by atoms with Gasteiger partial charge in [-0.3, -0.25) is 4.99 Å². The Labute approximate surface area is 99.6 Å². The first-order chi connectivity index (χ1) is 7.66. The van der Waals surface area contributed by atoms with Crippen molar-refractivity contribution in [3.8, 4) is 0 Å². The number of furan rings is 1. The number of aliphatic imine (C=N–C) groups is 1. The molecule has 0 saturated carbocycles. The fraction of sp³-hybridized carbons (Fsp3) is 0.154. The van der Waals surface area contributed by atoms with E-state index in [0.717, 1.165) is 22.8 Å². The standard InChI is InChI=1S/C13H12ClNO/c1-9-7-11(10(2)16-9)8-15-13-6-4-3-5-12(13)14/h3-8H,1-2H3. The smallest absolute Gasteiger partial charge is 0.109 e. The third kappa shape index (κ3) is 2.34. The van der Waals surface area contributed by atoms with Crippen LogP contribution in [0.2, 0.25) is 5.02 Å². The molecule has 3 heteroatoms. The first kappa shape index (κ1) is 11.0. The van der Waals surface area contributed by atoms with Gasteiger partial charge in [-0.1, -0.05) is 23.7 Å². The molecule has 0 atom stereocenters. The van der Waals surface area contributed by atoms with Crippen LogP contribution in [-0.2, 0) is 0 Å². The summed E-state index contributed by atoms with van der Waals surface area (Å²) in [5.41, 5.74) is 1.75. The van der Waals surface area contributed by atoms with Crippen molar-refractivity contribution in [2.45, 2.75) is 13.8 Å². The van der Waals surface area contributed by atoms with E-state index >= 15 is 0 Å². The maximum atomic E-state index is 6.00. The van der Waals surface area contributed by atoms with E-state index in [1.54, 1.807) is 6.21 Å². The summed E-state index contributed by atoms with van der Waals surface area (Å²) in [7, 11) is 0. The molecule has 16 heavy (non-hydrogen) atoms. The van der Waals surface area contributed by atoms with Gasteiger partial charge in [-0.2, -0.15) is 0 Å². The average Bonchev–Trinajstić information content (AvgIpc) is 2.56. The lowest BCUT2D eigenvalue weighted by Gasteiger charge is -1.95. The van der Waals surface area contributed by atoms with E-state index in [9.17, 15) is 0 Å².